The van der Waals surface area contributed by atoms with E-state index in [1.165, 1.54) is 13.0 Å². The molecular weight excluding hydrogens is 500 g/mol. The monoisotopic (exact) mass is 531 g/mol. The number of nitrogens with one attached hydrogen (secondary N) is 1. The number of hydrogen-bond acceptors (Lipinski definition) is 10. The summed E-state index contributed by atoms with van der Waals surface area (Å²) >= 11 is 0. The van der Waals surface area contributed by atoms with Crippen LogP contribution in [0, 0.1) is 0 Å². The fraction of sp³-hybridized carbons (Fsp3) is 0.583. The van der Waals surface area contributed by atoms with E-state index in [1.54, 1.807) is 20.8 Å². The first-order chi connectivity index (χ1) is 17.1. The Morgan fingerprint density at radius 1 is 0.919 bits per heavy atom. The van der Waals surface area contributed by atoms with Gasteiger partial charge in [-0.15, -0.1) is 0 Å². The molecule has 206 valence electrons. The standard InChI is InChI=1S/C24H31F2NO10/c1-11-18(33-12(2)28)19(34-13(3)29)20(35-14(4)30)22(32-11)36-17-9-8-15(10-16(17)21(25)26)27-23(31)37-24(5,6)7/h8-11,18-22H,1-7H3,(H,27,31)/t11-,18-,19+,20-,22-/m0/s1. The van der Waals surface area contributed by atoms with Gasteiger partial charge in [0, 0.05) is 26.5 Å². The maximum Gasteiger partial charge on any atom is 0.412 e. The second kappa shape index (κ2) is 12.2. The molecule has 1 heterocycles. The highest BCUT2D eigenvalue weighted by Gasteiger charge is 2.51. The van der Waals surface area contributed by atoms with Crippen LogP contribution in [0.15, 0.2) is 18.2 Å². The molecular formula is C24H31F2NO10. The predicted molar refractivity (Wildman–Crippen MR) is 123 cm³/mol. The average molecular weight is 532 g/mol. The predicted octanol–water partition coefficient (Wildman–Crippen LogP) is 3.89. The Kier molecular flexibility index (Phi) is 9.79. The Labute approximate surface area is 212 Å². The van der Waals surface area contributed by atoms with Crippen molar-refractivity contribution in [2.45, 2.75) is 91.2 Å². The summed E-state index contributed by atoms with van der Waals surface area (Å²) in [5.41, 5.74) is -1.40. The smallest absolute Gasteiger partial charge is 0.412 e. The molecule has 13 heteroatoms. The van der Waals surface area contributed by atoms with Gasteiger partial charge in [-0.2, -0.15) is 0 Å². The second-order valence-corrected chi connectivity index (χ2v) is 9.23. The van der Waals surface area contributed by atoms with Crippen LogP contribution in [0.2, 0.25) is 0 Å². The van der Waals surface area contributed by atoms with Gasteiger partial charge in [0.1, 0.15) is 11.4 Å². The molecule has 11 nitrogen and oxygen atoms in total. The molecule has 1 aromatic carbocycles. The number of hydrogen-bond donors (Lipinski definition) is 1. The Morgan fingerprint density at radius 2 is 1.46 bits per heavy atom. The van der Waals surface area contributed by atoms with Crippen LogP contribution in [0.3, 0.4) is 0 Å². The highest BCUT2D eigenvalue weighted by atomic mass is 19.3. The molecule has 2 rings (SSSR count). The van der Waals surface area contributed by atoms with Crippen molar-refractivity contribution in [3.05, 3.63) is 23.8 Å². The van der Waals surface area contributed by atoms with Gasteiger partial charge in [0.2, 0.25) is 12.4 Å². The minimum Gasteiger partial charge on any atom is -0.460 e. The normalized spacial score (nSPS) is 23.6. The summed E-state index contributed by atoms with van der Waals surface area (Å²) in [5, 5.41) is 2.36. The average Bonchev–Trinajstić information content (AvgIpc) is 2.72. The van der Waals surface area contributed by atoms with Crippen LogP contribution >= 0.6 is 0 Å². The lowest BCUT2D eigenvalue weighted by molar-refractivity contribution is -0.280. The van der Waals surface area contributed by atoms with E-state index in [9.17, 15) is 28.0 Å². The van der Waals surface area contributed by atoms with Crippen molar-refractivity contribution in [1.29, 1.82) is 0 Å². The van der Waals surface area contributed by atoms with Crippen molar-refractivity contribution >= 4 is 29.7 Å². The van der Waals surface area contributed by atoms with Crippen molar-refractivity contribution in [2.24, 2.45) is 0 Å². The molecule has 1 N–H and O–H groups in total. The van der Waals surface area contributed by atoms with E-state index in [2.05, 4.69) is 5.32 Å². The number of carbonyl (C=O) groups is 4. The molecule has 1 aromatic rings. The number of benzene rings is 1. The number of alkyl halides is 2. The number of halogens is 2. The molecule has 1 aliphatic heterocycles. The molecule has 37 heavy (non-hydrogen) atoms. The van der Waals surface area contributed by atoms with Crippen LogP contribution < -0.4 is 10.1 Å². The largest absolute Gasteiger partial charge is 0.460 e. The van der Waals surface area contributed by atoms with Gasteiger partial charge in [-0.05, 0) is 45.9 Å². The lowest BCUT2D eigenvalue weighted by Gasteiger charge is -2.43. The minimum absolute atomic E-state index is 0.0130. The molecule has 1 aliphatic rings. The van der Waals surface area contributed by atoms with E-state index < -0.39 is 72.3 Å². The van der Waals surface area contributed by atoms with Gasteiger partial charge in [0.15, 0.2) is 12.2 Å². The fourth-order valence-corrected chi connectivity index (χ4v) is 3.52. The Bertz CT molecular complexity index is 1010. The lowest BCUT2D eigenvalue weighted by atomic mass is 9.98. The zero-order valence-electron chi connectivity index (χ0n) is 21.5. The molecule has 0 saturated carbocycles. The summed E-state index contributed by atoms with van der Waals surface area (Å²) in [6, 6.07) is 3.44. The van der Waals surface area contributed by atoms with Crippen LogP contribution in [-0.2, 0) is 38.1 Å². The zero-order valence-corrected chi connectivity index (χ0v) is 21.5. The van der Waals surface area contributed by atoms with E-state index in [1.807, 2.05) is 0 Å². The molecule has 1 amide bonds. The number of ether oxygens (including phenoxy) is 6. The first-order valence-electron chi connectivity index (χ1n) is 11.3. The molecule has 0 aliphatic carbocycles. The van der Waals surface area contributed by atoms with Gasteiger partial charge in [0.05, 0.1) is 11.7 Å². The van der Waals surface area contributed by atoms with E-state index in [0.29, 0.717) is 0 Å². The number of anilines is 1. The summed E-state index contributed by atoms with van der Waals surface area (Å²) < 4.78 is 60.1. The maximum atomic E-state index is 13.9. The molecule has 1 fully saturated rings. The van der Waals surface area contributed by atoms with Gasteiger partial charge < -0.3 is 28.4 Å². The third-order valence-corrected chi connectivity index (χ3v) is 4.77. The zero-order chi connectivity index (χ0) is 28.1. The van der Waals surface area contributed by atoms with Crippen LogP contribution in [0.5, 0.6) is 5.75 Å². The summed E-state index contributed by atoms with van der Waals surface area (Å²) in [5.74, 6) is -2.67. The van der Waals surface area contributed by atoms with Gasteiger partial charge >= 0.3 is 24.0 Å². The lowest BCUT2D eigenvalue weighted by Crippen LogP contribution is -2.62. The van der Waals surface area contributed by atoms with Gasteiger partial charge in [-0.3, -0.25) is 19.7 Å². The molecule has 0 spiro atoms. The first kappa shape index (κ1) is 29.7. The van der Waals surface area contributed by atoms with Crippen LogP contribution in [0.25, 0.3) is 0 Å². The molecule has 0 aromatic heterocycles. The fourth-order valence-electron chi connectivity index (χ4n) is 3.52. The molecule has 1 saturated heterocycles. The van der Waals surface area contributed by atoms with Crippen LogP contribution in [0.4, 0.5) is 19.3 Å². The van der Waals surface area contributed by atoms with Crippen LogP contribution in [-0.4, -0.2) is 60.3 Å². The third-order valence-electron chi connectivity index (χ3n) is 4.77. The van der Waals surface area contributed by atoms with Crippen LogP contribution in [0.1, 0.15) is 60.5 Å². The quantitative estimate of drug-likeness (QED) is 0.408. The van der Waals surface area contributed by atoms with Crippen molar-refractivity contribution in [1.82, 2.24) is 0 Å². The Hall–Kier alpha value is -3.48. The number of esters is 3. The van der Waals surface area contributed by atoms with E-state index in [4.69, 9.17) is 28.4 Å². The summed E-state index contributed by atoms with van der Waals surface area (Å²) in [7, 11) is 0. The topological polar surface area (TPSA) is 136 Å². The van der Waals surface area contributed by atoms with Gasteiger partial charge in [-0.25, -0.2) is 13.6 Å². The Morgan fingerprint density at radius 3 is 1.97 bits per heavy atom. The van der Waals surface area contributed by atoms with Gasteiger partial charge in [-0.1, -0.05) is 0 Å². The minimum atomic E-state index is -3.04. The van der Waals surface area contributed by atoms with Crippen molar-refractivity contribution in [3.8, 4) is 5.75 Å². The summed E-state index contributed by atoms with van der Waals surface area (Å²) in [6.07, 6.45) is -10.4. The number of amides is 1. The molecule has 0 unspecified atom stereocenters. The summed E-state index contributed by atoms with van der Waals surface area (Å²) in [6.45, 7) is 9.71. The van der Waals surface area contributed by atoms with E-state index in [0.717, 1.165) is 32.9 Å². The first-order valence-corrected chi connectivity index (χ1v) is 11.3. The maximum absolute atomic E-state index is 13.9. The third kappa shape index (κ3) is 8.85. The number of carbonyl (C=O) groups excluding carboxylic acids is 4. The Balaban J connectivity index is 2.39. The van der Waals surface area contributed by atoms with Crippen molar-refractivity contribution in [3.63, 3.8) is 0 Å². The van der Waals surface area contributed by atoms with Crippen molar-refractivity contribution < 1.29 is 56.4 Å². The van der Waals surface area contributed by atoms with Crippen molar-refractivity contribution in [2.75, 3.05) is 5.32 Å². The highest BCUT2D eigenvalue weighted by molar-refractivity contribution is 5.85. The molecule has 0 bridgehead atoms. The van der Waals surface area contributed by atoms with E-state index in [-0.39, 0.29) is 11.4 Å². The molecule has 0 radical (unpaired) electrons. The second-order valence-electron chi connectivity index (χ2n) is 9.23. The molecule has 5 atom stereocenters. The number of rotatable bonds is 7. The SMILES string of the molecule is CC(=O)O[C@H]1[C@H](OC(C)=O)[C@H](Oc2ccc(NC(=O)OC(C)(C)C)cc2C(F)F)O[C@@H](C)[C@@H]1OC(C)=O. The summed E-state index contributed by atoms with van der Waals surface area (Å²) in [4.78, 5) is 47.2. The highest BCUT2D eigenvalue weighted by Crippen LogP contribution is 2.36. The van der Waals surface area contributed by atoms with E-state index >= 15 is 0 Å². The van der Waals surface area contributed by atoms with Gasteiger partial charge in [0.25, 0.3) is 6.43 Å².